The topological polar surface area (TPSA) is 55.8 Å². The number of rotatable bonds is 2. The molecule has 20 heavy (non-hydrogen) atoms. The van der Waals surface area contributed by atoms with Crippen LogP contribution in [0.15, 0.2) is 11.6 Å². The molecule has 1 saturated heterocycles. The van der Waals surface area contributed by atoms with Crippen molar-refractivity contribution in [3.8, 4) is 0 Å². The molecule has 5 heteroatoms. The third-order valence-electron chi connectivity index (χ3n) is 3.05. The molecule has 0 aromatic carbocycles. The van der Waals surface area contributed by atoms with Gasteiger partial charge in [-0.05, 0) is 45.6 Å². The summed E-state index contributed by atoms with van der Waals surface area (Å²) >= 11 is 0. The minimum absolute atomic E-state index is 0.407. The third kappa shape index (κ3) is 4.25. The number of likely N-dealkylation sites (tertiary alicyclic amines) is 1. The van der Waals surface area contributed by atoms with E-state index in [-0.39, 0.29) is 0 Å². The van der Waals surface area contributed by atoms with E-state index in [1.165, 1.54) is 12.0 Å². The van der Waals surface area contributed by atoms with Crippen LogP contribution >= 0.6 is 0 Å². The van der Waals surface area contributed by atoms with Crippen molar-refractivity contribution in [1.82, 2.24) is 4.90 Å². The summed E-state index contributed by atoms with van der Waals surface area (Å²) in [6.45, 7) is 7.95. The first-order valence-corrected chi connectivity index (χ1v) is 7.06. The predicted octanol–water partition coefficient (Wildman–Crippen LogP) is 2.90. The van der Waals surface area contributed by atoms with Crippen LogP contribution in [0.25, 0.3) is 0 Å². The van der Waals surface area contributed by atoms with Gasteiger partial charge in [-0.25, -0.2) is 9.59 Å². The van der Waals surface area contributed by atoms with Gasteiger partial charge in [0.05, 0.1) is 7.11 Å². The van der Waals surface area contributed by atoms with Crippen LogP contribution in [-0.2, 0) is 14.3 Å². The molecular formula is C15H25NO4. The molecule has 0 radical (unpaired) electrons. The van der Waals surface area contributed by atoms with Crippen molar-refractivity contribution < 1.29 is 19.1 Å². The van der Waals surface area contributed by atoms with Crippen molar-refractivity contribution in [3.63, 3.8) is 0 Å². The molecule has 0 aromatic rings. The molecule has 0 spiro atoms. The Morgan fingerprint density at radius 1 is 1.40 bits per heavy atom. The Labute approximate surface area is 120 Å². The Morgan fingerprint density at radius 2 is 2.05 bits per heavy atom. The number of methoxy groups -OCH3 is 1. The SMILES string of the molecule is CC/C=C1/CCCN(C(=O)OC(C)(C)C)C1C(=O)OC. The maximum absolute atomic E-state index is 12.3. The van der Waals surface area contributed by atoms with E-state index in [2.05, 4.69) is 0 Å². The van der Waals surface area contributed by atoms with E-state index < -0.39 is 23.7 Å². The van der Waals surface area contributed by atoms with E-state index in [1.54, 1.807) is 0 Å². The molecule has 1 atom stereocenters. The summed E-state index contributed by atoms with van der Waals surface area (Å²) in [6.07, 6.45) is 4.00. The molecule has 0 N–H and O–H groups in total. The van der Waals surface area contributed by atoms with Crippen molar-refractivity contribution in [2.24, 2.45) is 0 Å². The molecule has 0 bridgehead atoms. The lowest BCUT2D eigenvalue weighted by Gasteiger charge is -2.36. The van der Waals surface area contributed by atoms with Crippen LogP contribution in [0.4, 0.5) is 4.79 Å². The van der Waals surface area contributed by atoms with Crippen molar-refractivity contribution in [2.75, 3.05) is 13.7 Å². The van der Waals surface area contributed by atoms with E-state index in [0.717, 1.165) is 24.8 Å². The number of ether oxygens (including phenoxy) is 2. The van der Waals surface area contributed by atoms with E-state index in [4.69, 9.17) is 9.47 Å². The van der Waals surface area contributed by atoms with Gasteiger partial charge in [0.15, 0.2) is 6.04 Å². The molecule has 0 aromatic heterocycles. The van der Waals surface area contributed by atoms with Gasteiger partial charge in [0.1, 0.15) is 5.60 Å². The van der Waals surface area contributed by atoms with Crippen molar-refractivity contribution in [2.45, 2.75) is 58.6 Å². The minimum Gasteiger partial charge on any atom is -0.467 e. The van der Waals surface area contributed by atoms with Crippen LogP contribution in [0.2, 0.25) is 0 Å². The zero-order valence-electron chi connectivity index (χ0n) is 13.1. The van der Waals surface area contributed by atoms with Gasteiger partial charge in [-0.15, -0.1) is 0 Å². The Bertz CT molecular complexity index is 395. The van der Waals surface area contributed by atoms with Gasteiger partial charge in [-0.2, -0.15) is 0 Å². The van der Waals surface area contributed by atoms with Gasteiger partial charge in [-0.1, -0.05) is 13.0 Å². The molecule has 1 heterocycles. The van der Waals surface area contributed by atoms with Gasteiger partial charge in [0, 0.05) is 6.54 Å². The van der Waals surface area contributed by atoms with Gasteiger partial charge >= 0.3 is 12.1 Å². The number of piperidine rings is 1. The minimum atomic E-state index is -0.649. The predicted molar refractivity (Wildman–Crippen MR) is 76.4 cm³/mol. The Hall–Kier alpha value is -1.52. The Kier molecular flexibility index (Phi) is 5.60. The Balaban J connectivity index is 2.99. The molecule has 0 saturated carbocycles. The lowest BCUT2D eigenvalue weighted by molar-refractivity contribution is -0.146. The van der Waals surface area contributed by atoms with Crippen LogP contribution in [-0.4, -0.2) is 42.3 Å². The smallest absolute Gasteiger partial charge is 0.411 e. The van der Waals surface area contributed by atoms with Gasteiger partial charge in [0.2, 0.25) is 0 Å². The molecule has 1 aliphatic rings. The standard InChI is InChI=1S/C15H25NO4/c1-6-8-11-9-7-10-16(12(11)13(17)19-5)14(18)20-15(2,3)4/h8,12H,6-7,9-10H2,1-5H3/b11-8-. The highest BCUT2D eigenvalue weighted by atomic mass is 16.6. The fourth-order valence-corrected chi connectivity index (χ4v) is 2.30. The fourth-order valence-electron chi connectivity index (χ4n) is 2.30. The largest absolute Gasteiger partial charge is 0.467 e. The summed E-state index contributed by atoms with van der Waals surface area (Å²) in [4.78, 5) is 25.8. The summed E-state index contributed by atoms with van der Waals surface area (Å²) < 4.78 is 10.2. The second kappa shape index (κ2) is 6.77. The van der Waals surface area contributed by atoms with Crippen LogP contribution in [0.5, 0.6) is 0 Å². The molecule has 0 aliphatic carbocycles. The van der Waals surface area contributed by atoms with Gasteiger partial charge < -0.3 is 9.47 Å². The van der Waals surface area contributed by atoms with Crippen LogP contribution in [0.3, 0.4) is 0 Å². The van der Waals surface area contributed by atoms with Crippen LogP contribution in [0.1, 0.15) is 47.0 Å². The first kappa shape index (κ1) is 16.5. The van der Waals surface area contributed by atoms with E-state index in [9.17, 15) is 9.59 Å². The number of carbonyl (C=O) groups excluding carboxylic acids is 2. The highest BCUT2D eigenvalue weighted by molar-refractivity contribution is 5.85. The number of carbonyl (C=O) groups is 2. The van der Waals surface area contributed by atoms with Gasteiger partial charge in [-0.3, -0.25) is 4.90 Å². The molecule has 1 fully saturated rings. The lowest BCUT2D eigenvalue weighted by Crippen LogP contribution is -2.51. The maximum atomic E-state index is 12.3. The fraction of sp³-hybridized carbons (Fsp3) is 0.733. The number of hydrogen-bond donors (Lipinski definition) is 0. The summed E-state index contributed by atoms with van der Waals surface area (Å²) in [5.74, 6) is -0.407. The number of amides is 1. The highest BCUT2D eigenvalue weighted by Gasteiger charge is 2.38. The second-order valence-electron chi connectivity index (χ2n) is 5.89. The third-order valence-corrected chi connectivity index (χ3v) is 3.05. The highest BCUT2D eigenvalue weighted by Crippen LogP contribution is 2.26. The van der Waals surface area contributed by atoms with Gasteiger partial charge in [0.25, 0.3) is 0 Å². The maximum Gasteiger partial charge on any atom is 0.411 e. The summed E-state index contributed by atoms with van der Waals surface area (Å²) in [5, 5.41) is 0. The number of hydrogen-bond acceptors (Lipinski definition) is 4. The molecule has 1 amide bonds. The normalized spacial score (nSPS) is 21.8. The zero-order valence-corrected chi connectivity index (χ0v) is 13.1. The molecule has 5 nitrogen and oxygen atoms in total. The summed E-state index contributed by atoms with van der Waals surface area (Å²) in [5.41, 5.74) is 0.362. The molecule has 1 rings (SSSR count). The van der Waals surface area contributed by atoms with Crippen molar-refractivity contribution >= 4 is 12.1 Å². The first-order valence-electron chi connectivity index (χ1n) is 7.06. The molecule has 1 unspecified atom stereocenters. The summed E-state index contributed by atoms with van der Waals surface area (Å²) in [6, 6.07) is -0.649. The quantitative estimate of drug-likeness (QED) is 0.577. The first-order chi connectivity index (χ1) is 9.30. The Morgan fingerprint density at radius 3 is 2.55 bits per heavy atom. The molecule has 1 aliphatic heterocycles. The number of allylic oxidation sites excluding steroid dienone is 1. The van der Waals surface area contributed by atoms with Crippen LogP contribution in [0, 0.1) is 0 Å². The lowest BCUT2D eigenvalue weighted by atomic mass is 9.95. The average Bonchev–Trinajstić information content (AvgIpc) is 2.36. The second-order valence-corrected chi connectivity index (χ2v) is 5.89. The monoisotopic (exact) mass is 283 g/mol. The average molecular weight is 283 g/mol. The molecule has 114 valence electrons. The van der Waals surface area contributed by atoms with E-state index >= 15 is 0 Å². The van der Waals surface area contributed by atoms with Crippen molar-refractivity contribution in [1.29, 1.82) is 0 Å². The summed E-state index contributed by atoms with van der Waals surface area (Å²) in [7, 11) is 1.34. The van der Waals surface area contributed by atoms with E-state index in [1.807, 2.05) is 33.8 Å². The van der Waals surface area contributed by atoms with Crippen molar-refractivity contribution in [3.05, 3.63) is 11.6 Å². The molecular weight excluding hydrogens is 258 g/mol. The number of esters is 1. The van der Waals surface area contributed by atoms with E-state index in [0.29, 0.717) is 6.54 Å². The zero-order chi connectivity index (χ0) is 15.3. The van der Waals surface area contributed by atoms with Crippen LogP contribution < -0.4 is 0 Å². The number of nitrogens with zero attached hydrogens (tertiary/aromatic N) is 1.